The number of hydrogen-bond donors (Lipinski definition) is 2. The highest BCUT2D eigenvalue weighted by molar-refractivity contribution is 7.98. The number of nitrogens with one attached hydrogen (secondary N) is 1. The molecule has 2 aromatic carbocycles. The van der Waals surface area contributed by atoms with Gasteiger partial charge in [0.05, 0.1) is 5.54 Å². The van der Waals surface area contributed by atoms with Crippen molar-refractivity contribution in [2.45, 2.75) is 24.1 Å². The van der Waals surface area contributed by atoms with Gasteiger partial charge in [-0.25, -0.2) is 0 Å². The molecule has 3 rings (SSSR count). The number of hydrogen-bond acceptors (Lipinski definition) is 3. The third kappa shape index (κ3) is 3.39. The lowest BCUT2D eigenvalue weighted by Gasteiger charge is -2.10. The Morgan fingerprint density at radius 2 is 1.95 bits per heavy atom. The standard InChI is InChI=1S/C17H20N2OS/c18-17(8-9-17)16(20)19-10-11-21-12-14-6-3-5-13-4-1-2-7-15(13)14/h1-7H,8-12,18H2,(H,19,20). The SMILES string of the molecule is NC1(C(=O)NCCSCc2cccc3ccccc23)CC1. The van der Waals surface area contributed by atoms with E-state index >= 15 is 0 Å². The summed E-state index contributed by atoms with van der Waals surface area (Å²) in [4.78, 5) is 11.7. The molecule has 0 unspecified atom stereocenters. The smallest absolute Gasteiger partial charge is 0.240 e. The molecule has 1 aliphatic rings. The molecular weight excluding hydrogens is 280 g/mol. The molecule has 3 N–H and O–H groups in total. The summed E-state index contributed by atoms with van der Waals surface area (Å²) in [6.07, 6.45) is 1.64. The van der Waals surface area contributed by atoms with E-state index in [4.69, 9.17) is 5.73 Å². The highest BCUT2D eigenvalue weighted by Gasteiger charge is 2.45. The maximum Gasteiger partial charge on any atom is 0.240 e. The zero-order chi connectivity index (χ0) is 14.7. The van der Waals surface area contributed by atoms with Crippen LogP contribution in [0, 0.1) is 0 Å². The summed E-state index contributed by atoms with van der Waals surface area (Å²) in [7, 11) is 0. The first kappa shape index (κ1) is 14.4. The highest BCUT2D eigenvalue weighted by atomic mass is 32.2. The molecule has 0 heterocycles. The molecule has 21 heavy (non-hydrogen) atoms. The van der Waals surface area contributed by atoms with Gasteiger partial charge in [0.2, 0.25) is 5.91 Å². The second-order valence-electron chi connectivity index (χ2n) is 5.60. The number of rotatable bonds is 6. The lowest BCUT2D eigenvalue weighted by atomic mass is 10.1. The van der Waals surface area contributed by atoms with Gasteiger partial charge in [-0.05, 0) is 29.2 Å². The molecule has 0 aliphatic heterocycles. The van der Waals surface area contributed by atoms with Crippen LogP contribution >= 0.6 is 11.8 Å². The maximum absolute atomic E-state index is 11.7. The predicted molar refractivity (Wildman–Crippen MR) is 89.3 cm³/mol. The lowest BCUT2D eigenvalue weighted by Crippen LogP contribution is -2.43. The van der Waals surface area contributed by atoms with Gasteiger partial charge in [-0.3, -0.25) is 4.79 Å². The normalized spacial score (nSPS) is 15.9. The van der Waals surface area contributed by atoms with E-state index in [9.17, 15) is 4.79 Å². The molecule has 1 aliphatic carbocycles. The fourth-order valence-electron chi connectivity index (χ4n) is 2.37. The molecular formula is C17H20N2OS. The molecule has 0 bridgehead atoms. The van der Waals surface area contributed by atoms with Crippen LogP contribution < -0.4 is 11.1 Å². The van der Waals surface area contributed by atoms with Crippen LogP contribution in [0.4, 0.5) is 0 Å². The van der Waals surface area contributed by atoms with Crippen LogP contribution in [0.2, 0.25) is 0 Å². The fraction of sp³-hybridized carbons (Fsp3) is 0.353. The van der Waals surface area contributed by atoms with Crippen LogP contribution in [0.3, 0.4) is 0 Å². The minimum Gasteiger partial charge on any atom is -0.354 e. The molecule has 4 heteroatoms. The first-order valence-corrected chi connectivity index (χ1v) is 8.46. The van der Waals surface area contributed by atoms with Gasteiger partial charge in [-0.15, -0.1) is 0 Å². The summed E-state index contributed by atoms with van der Waals surface area (Å²) in [5.74, 6) is 1.88. The van der Waals surface area contributed by atoms with E-state index in [0.29, 0.717) is 6.54 Å². The first-order chi connectivity index (χ1) is 10.2. The third-order valence-corrected chi connectivity index (χ3v) is 4.92. The van der Waals surface area contributed by atoms with Gasteiger partial charge in [-0.2, -0.15) is 11.8 Å². The number of carbonyl (C=O) groups excluding carboxylic acids is 1. The van der Waals surface area contributed by atoms with Crippen LogP contribution in [-0.4, -0.2) is 23.7 Å². The van der Waals surface area contributed by atoms with Gasteiger partial charge in [0, 0.05) is 18.1 Å². The average Bonchev–Trinajstić information content (AvgIpc) is 3.26. The van der Waals surface area contributed by atoms with Crippen molar-refractivity contribution in [2.75, 3.05) is 12.3 Å². The van der Waals surface area contributed by atoms with Crippen LogP contribution in [0.15, 0.2) is 42.5 Å². The van der Waals surface area contributed by atoms with E-state index in [-0.39, 0.29) is 5.91 Å². The fourth-order valence-corrected chi connectivity index (χ4v) is 3.24. The molecule has 0 aromatic heterocycles. The second kappa shape index (κ2) is 6.08. The summed E-state index contributed by atoms with van der Waals surface area (Å²) in [5.41, 5.74) is 6.63. The number of carbonyl (C=O) groups is 1. The zero-order valence-electron chi connectivity index (χ0n) is 12.0. The summed E-state index contributed by atoms with van der Waals surface area (Å²) in [6, 6.07) is 14.9. The lowest BCUT2D eigenvalue weighted by molar-refractivity contribution is -0.123. The van der Waals surface area contributed by atoms with Crippen LogP contribution in [0.25, 0.3) is 10.8 Å². The van der Waals surface area contributed by atoms with Crippen molar-refractivity contribution in [3.8, 4) is 0 Å². The number of thioether (sulfide) groups is 1. The van der Waals surface area contributed by atoms with Crippen molar-refractivity contribution >= 4 is 28.4 Å². The van der Waals surface area contributed by atoms with Gasteiger partial charge < -0.3 is 11.1 Å². The molecule has 1 saturated carbocycles. The van der Waals surface area contributed by atoms with Crippen molar-refractivity contribution in [1.82, 2.24) is 5.32 Å². The third-order valence-electron chi connectivity index (χ3n) is 3.91. The van der Waals surface area contributed by atoms with Gasteiger partial charge in [0.15, 0.2) is 0 Å². The van der Waals surface area contributed by atoms with Gasteiger partial charge in [0.1, 0.15) is 0 Å². The number of fused-ring (bicyclic) bond motifs is 1. The molecule has 1 fully saturated rings. The van der Waals surface area contributed by atoms with E-state index in [1.165, 1.54) is 16.3 Å². The Morgan fingerprint density at radius 3 is 2.76 bits per heavy atom. The first-order valence-electron chi connectivity index (χ1n) is 7.31. The highest BCUT2D eigenvalue weighted by Crippen LogP contribution is 2.32. The molecule has 3 nitrogen and oxygen atoms in total. The zero-order valence-corrected chi connectivity index (χ0v) is 12.8. The molecule has 2 aromatic rings. The van der Waals surface area contributed by atoms with Gasteiger partial charge in [0.25, 0.3) is 0 Å². The Labute approximate surface area is 129 Å². The van der Waals surface area contributed by atoms with Crippen molar-refractivity contribution in [1.29, 1.82) is 0 Å². The Kier molecular flexibility index (Phi) is 4.17. The number of nitrogens with two attached hydrogens (primary N) is 1. The van der Waals surface area contributed by atoms with E-state index in [1.54, 1.807) is 0 Å². The Bertz CT molecular complexity index is 647. The van der Waals surface area contributed by atoms with Crippen molar-refractivity contribution < 1.29 is 4.79 Å². The van der Waals surface area contributed by atoms with Gasteiger partial charge >= 0.3 is 0 Å². The Hall–Kier alpha value is -1.52. The van der Waals surface area contributed by atoms with Crippen molar-refractivity contribution in [2.24, 2.45) is 5.73 Å². The van der Waals surface area contributed by atoms with Crippen molar-refractivity contribution in [3.63, 3.8) is 0 Å². The summed E-state index contributed by atoms with van der Waals surface area (Å²) in [5, 5.41) is 5.52. The summed E-state index contributed by atoms with van der Waals surface area (Å²) < 4.78 is 0. The van der Waals surface area contributed by atoms with Crippen LogP contribution in [0.1, 0.15) is 18.4 Å². The van der Waals surface area contributed by atoms with Crippen LogP contribution in [-0.2, 0) is 10.5 Å². The Morgan fingerprint density at radius 1 is 1.19 bits per heavy atom. The summed E-state index contributed by atoms with van der Waals surface area (Å²) >= 11 is 1.84. The van der Waals surface area contributed by atoms with Crippen LogP contribution in [0.5, 0.6) is 0 Å². The monoisotopic (exact) mass is 300 g/mol. The second-order valence-corrected chi connectivity index (χ2v) is 6.71. The molecule has 0 atom stereocenters. The Balaban J connectivity index is 1.47. The van der Waals surface area contributed by atoms with Crippen molar-refractivity contribution in [3.05, 3.63) is 48.0 Å². The van der Waals surface area contributed by atoms with E-state index < -0.39 is 5.54 Å². The largest absolute Gasteiger partial charge is 0.354 e. The van der Waals surface area contributed by atoms with E-state index in [1.807, 2.05) is 11.8 Å². The molecule has 1 amide bonds. The van der Waals surface area contributed by atoms with E-state index in [2.05, 4.69) is 47.8 Å². The average molecular weight is 300 g/mol. The molecule has 0 radical (unpaired) electrons. The number of benzene rings is 2. The molecule has 110 valence electrons. The quantitative estimate of drug-likeness (QED) is 0.807. The maximum atomic E-state index is 11.7. The summed E-state index contributed by atoms with van der Waals surface area (Å²) in [6.45, 7) is 0.688. The molecule has 0 spiro atoms. The minimum absolute atomic E-state index is 0.00765. The van der Waals surface area contributed by atoms with Gasteiger partial charge in [-0.1, -0.05) is 42.5 Å². The molecule has 0 saturated heterocycles. The van der Waals surface area contributed by atoms with E-state index in [0.717, 1.165) is 24.3 Å². The minimum atomic E-state index is -0.555. The predicted octanol–water partition coefficient (Wildman–Crippen LogP) is 2.68. The number of amides is 1. The topological polar surface area (TPSA) is 55.1 Å².